The quantitative estimate of drug-likeness (QED) is 0.481. The first-order valence-corrected chi connectivity index (χ1v) is 8.16. The molecule has 0 atom stereocenters. The van der Waals surface area contributed by atoms with E-state index in [4.69, 9.17) is 52.5 Å². The van der Waals surface area contributed by atoms with Crippen LogP contribution in [0.1, 0.15) is 20.8 Å². The Kier molecular flexibility index (Phi) is 11.2. The third-order valence-corrected chi connectivity index (χ3v) is 3.29. The highest BCUT2D eigenvalue weighted by Crippen LogP contribution is 2.31. The molecule has 0 saturated carbocycles. The Morgan fingerprint density at radius 3 is 2.20 bits per heavy atom. The number of hydrogen-bond acceptors (Lipinski definition) is 5. The summed E-state index contributed by atoms with van der Waals surface area (Å²) < 4.78 is 11.0. The predicted molar refractivity (Wildman–Crippen MR) is 95.8 cm³/mol. The van der Waals surface area contributed by atoms with Crippen molar-refractivity contribution in [2.45, 2.75) is 26.3 Å². The van der Waals surface area contributed by atoms with Gasteiger partial charge in [0.25, 0.3) is 0 Å². The summed E-state index contributed by atoms with van der Waals surface area (Å²) in [6.07, 6.45) is 0. The summed E-state index contributed by atoms with van der Waals surface area (Å²) in [4.78, 5) is 18.2. The molecule has 9 heteroatoms. The molecule has 1 rings (SSSR count). The van der Waals surface area contributed by atoms with Crippen LogP contribution in [0.4, 0.5) is 0 Å². The van der Waals surface area contributed by atoms with Crippen LogP contribution in [0.25, 0.3) is 0 Å². The van der Waals surface area contributed by atoms with Crippen molar-refractivity contribution in [2.75, 3.05) is 26.4 Å². The molecular formula is C16H23Cl2NO6. The number of nitrogens with one attached hydrogen (secondary N) is 1. The summed E-state index contributed by atoms with van der Waals surface area (Å²) in [5.41, 5.74) is 0.119. The zero-order chi connectivity index (χ0) is 19.5. The van der Waals surface area contributed by atoms with Crippen LogP contribution in [0, 0.1) is 0 Å². The summed E-state index contributed by atoms with van der Waals surface area (Å²) >= 11 is 11.9. The Balaban J connectivity index is 0.000000823. The summed E-state index contributed by atoms with van der Waals surface area (Å²) in [5.74, 6) is -3.06. The first-order valence-electron chi connectivity index (χ1n) is 7.40. The predicted octanol–water partition coefficient (Wildman–Crippen LogP) is 2.93. The maximum Gasteiger partial charge on any atom is 0.414 e. The molecule has 0 amide bonds. The van der Waals surface area contributed by atoms with Gasteiger partial charge in [-0.05, 0) is 32.9 Å². The van der Waals surface area contributed by atoms with Crippen molar-refractivity contribution in [3.63, 3.8) is 0 Å². The van der Waals surface area contributed by atoms with E-state index in [9.17, 15) is 0 Å². The normalized spacial score (nSPS) is 10.6. The van der Waals surface area contributed by atoms with E-state index in [1.807, 2.05) is 0 Å². The van der Waals surface area contributed by atoms with E-state index in [1.165, 1.54) is 0 Å². The third-order valence-electron chi connectivity index (χ3n) is 2.49. The zero-order valence-electron chi connectivity index (χ0n) is 14.3. The highest BCUT2D eigenvalue weighted by atomic mass is 35.5. The van der Waals surface area contributed by atoms with E-state index in [0.29, 0.717) is 35.6 Å². The summed E-state index contributed by atoms with van der Waals surface area (Å²) in [6, 6.07) is 5.32. The monoisotopic (exact) mass is 395 g/mol. The largest absolute Gasteiger partial charge is 0.490 e. The van der Waals surface area contributed by atoms with Crippen LogP contribution in [-0.4, -0.2) is 54.1 Å². The van der Waals surface area contributed by atoms with Crippen molar-refractivity contribution in [1.29, 1.82) is 0 Å². The molecule has 0 aliphatic rings. The molecule has 0 aliphatic heterocycles. The molecule has 7 nitrogen and oxygen atoms in total. The molecular weight excluding hydrogens is 373 g/mol. The van der Waals surface area contributed by atoms with Gasteiger partial charge in [0.1, 0.15) is 17.4 Å². The first kappa shape index (κ1) is 23.5. The average Bonchev–Trinajstić information content (AvgIpc) is 2.49. The lowest BCUT2D eigenvalue weighted by Gasteiger charge is -2.20. The van der Waals surface area contributed by atoms with Gasteiger partial charge < -0.3 is 25.0 Å². The topological polar surface area (TPSA) is 105 Å². The SMILES string of the molecule is CC(C)(C)NCCOCCOc1cccc(Cl)c1Cl.O=C(O)C(=O)O. The van der Waals surface area contributed by atoms with Gasteiger partial charge in [0, 0.05) is 12.1 Å². The molecule has 0 unspecified atom stereocenters. The molecule has 0 bridgehead atoms. The Bertz CT molecular complexity index is 548. The van der Waals surface area contributed by atoms with Crippen LogP contribution in [-0.2, 0) is 14.3 Å². The fourth-order valence-electron chi connectivity index (χ4n) is 1.41. The van der Waals surface area contributed by atoms with Gasteiger partial charge in [-0.3, -0.25) is 0 Å². The second-order valence-corrected chi connectivity index (χ2v) is 6.59. The van der Waals surface area contributed by atoms with Gasteiger partial charge in [-0.25, -0.2) is 9.59 Å². The molecule has 0 aromatic heterocycles. The lowest BCUT2D eigenvalue weighted by Crippen LogP contribution is -2.38. The second kappa shape index (κ2) is 11.9. The van der Waals surface area contributed by atoms with E-state index in [0.717, 1.165) is 6.54 Å². The highest BCUT2D eigenvalue weighted by molar-refractivity contribution is 6.42. The lowest BCUT2D eigenvalue weighted by molar-refractivity contribution is -0.159. The van der Waals surface area contributed by atoms with E-state index >= 15 is 0 Å². The maximum atomic E-state index is 9.10. The van der Waals surface area contributed by atoms with Crippen molar-refractivity contribution in [3.8, 4) is 5.75 Å². The van der Waals surface area contributed by atoms with Crippen molar-refractivity contribution in [3.05, 3.63) is 28.2 Å². The zero-order valence-corrected chi connectivity index (χ0v) is 15.9. The van der Waals surface area contributed by atoms with Crippen LogP contribution in [0.3, 0.4) is 0 Å². The Labute approximate surface area is 156 Å². The van der Waals surface area contributed by atoms with Crippen LogP contribution in [0.5, 0.6) is 5.75 Å². The number of halogens is 2. The minimum atomic E-state index is -1.82. The number of ether oxygens (including phenoxy) is 2. The van der Waals surface area contributed by atoms with Crippen LogP contribution in [0.2, 0.25) is 10.0 Å². The molecule has 0 heterocycles. The molecule has 0 fully saturated rings. The Hall–Kier alpha value is -1.54. The molecule has 25 heavy (non-hydrogen) atoms. The fourth-order valence-corrected chi connectivity index (χ4v) is 1.75. The molecule has 1 aromatic carbocycles. The maximum absolute atomic E-state index is 9.10. The molecule has 3 N–H and O–H groups in total. The lowest BCUT2D eigenvalue weighted by atomic mass is 10.1. The van der Waals surface area contributed by atoms with Gasteiger partial charge in [0.05, 0.1) is 18.2 Å². The third kappa shape index (κ3) is 12.5. The second-order valence-electron chi connectivity index (χ2n) is 5.80. The van der Waals surface area contributed by atoms with Gasteiger partial charge in [-0.1, -0.05) is 29.3 Å². The number of rotatable bonds is 7. The number of carboxylic acids is 2. The summed E-state index contributed by atoms with van der Waals surface area (Å²) in [6.45, 7) is 8.82. The number of carboxylic acid groups (broad SMARTS) is 2. The first-order chi connectivity index (χ1) is 11.5. The van der Waals surface area contributed by atoms with E-state index in [-0.39, 0.29) is 5.54 Å². The Morgan fingerprint density at radius 1 is 1.08 bits per heavy atom. The minimum Gasteiger partial charge on any atom is -0.490 e. The Morgan fingerprint density at radius 2 is 1.68 bits per heavy atom. The molecule has 0 radical (unpaired) electrons. The number of aliphatic carboxylic acids is 2. The van der Waals surface area contributed by atoms with E-state index in [1.54, 1.807) is 18.2 Å². The van der Waals surface area contributed by atoms with Gasteiger partial charge >= 0.3 is 11.9 Å². The summed E-state index contributed by atoms with van der Waals surface area (Å²) in [7, 11) is 0. The number of benzene rings is 1. The molecule has 142 valence electrons. The van der Waals surface area contributed by atoms with Gasteiger partial charge in [0.15, 0.2) is 0 Å². The van der Waals surface area contributed by atoms with Crippen molar-refractivity contribution >= 4 is 35.1 Å². The molecule has 0 saturated heterocycles. The molecule has 1 aromatic rings. The van der Waals surface area contributed by atoms with Crippen molar-refractivity contribution in [1.82, 2.24) is 5.32 Å². The molecule has 0 aliphatic carbocycles. The standard InChI is InChI=1S/C14H21Cl2NO2.C2H2O4/c1-14(2,3)17-7-8-18-9-10-19-12-6-4-5-11(15)13(12)16;3-1(4)2(5)6/h4-6,17H,7-10H2,1-3H3;(H,3,4)(H,5,6). The van der Waals surface area contributed by atoms with Crippen molar-refractivity contribution in [2.24, 2.45) is 0 Å². The smallest absolute Gasteiger partial charge is 0.414 e. The fraction of sp³-hybridized carbons (Fsp3) is 0.500. The van der Waals surface area contributed by atoms with Crippen molar-refractivity contribution < 1.29 is 29.3 Å². The number of carbonyl (C=O) groups is 2. The van der Waals surface area contributed by atoms with Gasteiger partial charge in [-0.15, -0.1) is 0 Å². The van der Waals surface area contributed by atoms with Gasteiger partial charge in [0.2, 0.25) is 0 Å². The van der Waals surface area contributed by atoms with Crippen LogP contribution in [0.15, 0.2) is 18.2 Å². The number of hydrogen-bond donors (Lipinski definition) is 3. The van der Waals surface area contributed by atoms with Crippen LogP contribution < -0.4 is 10.1 Å². The highest BCUT2D eigenvalue weighted by Gasteiger charge is 2.07. The summed E-state index contributed by atoms with van der Waals surface area (Å²) in [5, 5.41) is 19.1. The molecule has 0 spiro atoms. The van der Waals surface area contributed by atoms with Gasteiger partial charge in [-0.2, -0.15) is 0 Å². The average molecular weight is 396 g/mol. The van der Waals surface area contributed by atoms with E-state index < -0.39 is 11.9 Å². The minimum absolute atomic E-state index is 0.119. The van der Waals surface area contributed by atoms with Crippen LogP contribution >= 0.6 is 23.2 Å². The van der Waals surface area contributed by atoms with E-state index in [2.05, 4.69) is 26.1 Å².